The van der Waals surface area contributed by atoms with Gasteiger partial charge in [-0.3, -0.25) is 0 Å². The molecule has 0 bridgehead atoms. The van der Waals surface area contributed by atoms with E-state index in [1.165, 1.54) is 27.9 Å². The minimum atomic E-state index is -0.530. The van der Waals surface area contributed by atoms with E-state index in [1.807, 2.05) is 30.3 Å². The van der Waals surface area contributed by atoms with Crippen LogP contribution in [0.5, 0.6) is 0 Å². The number of rotatable bonds is 6. The van der Waals surface area contributed by atoms with Gasteiger partial charge in [-0.25, -0.2) is 0 Å². The van der Waals surface area contributed by atoms with Gasteiger partial charge in [-0.15, -0.1) is 5.56 Å². The predicted octanol–water partition coefficient (Wildman–Crippen LogP) is 12.2. The fourth-order valence-corrected chi connectivity index (χ4v) is 13.0. The van der Waals surface area contributed by atoms with Gasteiger partial charge in [0.25, 0.3) is 0 Å². The van der Waals surface area contributed by atoms with E-state index in [9.17, 15) is 0 Å². The first-order chi connectivity index (χ1) is 20.2. The summed E-state index contributed by atoms with van der Waals surface area (Å²) in [4.78, 5) is 0. The van der Waals surface area contributed by atoms with Crippen molar-refractivity contribution in [2.24, 2.45) is 0 Å². The molecule has 0 radical (unpaired) electrons. The molecule has 0 saturated heterocycles. The van der Waals surface area contributed by atoms with Crippen molar-refractivity contribution < 1.29 is 17.1 Å². The van der Waals surface area contributed by atoms with Crippen LogP contribution in [-0.2, 0) is 40.2 Å². The van der Waals surface area contributed by atoms with Gasteiger partial charge in [-0.05, 0) is 58.2 Å². The first-order valence-electron chi connectivity index (χ1n) is 16.4. The zero-order valence-corrected chi connectivity index (χ0v) is 33.6. The van der Waals surface area contributed by atoms with Crippen LogP contribution in [0, 0.1) is 13.8 Å². The Bertz CT molecular complexity index is 1380. The number of hydrogen-bond acceptors (Lipinski definition) is 0. The van der Waals surface area contributed by atoms with Crippen LogP contribution in [0.4, 0.5) is 0 Å². The topological polar surface area (TPSA) is 0 Å². The number of benzene rings is 2. The fraction of sp³-hybridized carbons (Fsp3) is 0.476. The van der Waals surface area contributed by atoms with Crippen molar-refractivity contribution in [1.82, 2.24) is 0 Å². The van der Waals surface area contributed by atoms with Crippen LogP contribution < -0.4 is 10.6 Å². The number of aryl methyl sites for hydroxylation is 2. The van der Waals surface area contributed by atoms with Crippen LogP contribution in [0.1, 0.15) is 116 Å². The van der Waals surface area contributed by atoms with Crippen LogP contribution in [-0.4, -0.2) is 10.3 Å². The fourth-order valence-electron chi connectivity index (χ4n) is 6.59. The van der Waals surface area contributed by atoms with Crippen molar-refractivity contribution in [2.45, 2.75) is 130 Å². The van der Waals surface area contributed by atoms with Crippen LogP contribution in [0.3, 0.4) is 0 Å². The second-order valence-electron chi connectivity index (χ2n) is 16.5. The van der Waals surface area contributed by atoms with Gasteiger partial charge in [0.1, 0.15) is 0 Å². The molecule has 0 nitrogen and oxygen atoms in total. The molecule has 0 aromatic heterocycles. The molecule has 0 unspecified atom stereocenters. The Kier molecular flexibility index (Phi) is 13.8. The Morgan fingerprint density at radius 2 is 1.00 bits per heavy atom. The minimum Gasteiger partial charge on any atom is -0.748 e. The van der Waals surface area contributed by atoms with E-state index < -0.39 is 7.92 Å². The summed E-state index contributed by atoms with van der Waals surface area (Å²) in [6.07, 6.45) is 2.31. The Morgan fingerprint density at radius 3 is 1.33 bits per heavy atom. The molecule has 4 aromatic carbocycles. The molecule has 0 N–H and O–H groups in total. The largest absolute Gasteiger partial charge is 0.748 e. The zero-order valence-electron chi connectivity index (χ0n) is 30.7. The summed E-state index contributed by atoms with van der Waals surface area (Å²) in [6.45, 7) is 34.0. The maximum absolute atomic E-state index is 2.64. The van der Waals surface area contributed by atoms with Crippen molar-refractivity contribution in [1.29, 1.82) is 0 Å². The monoisotopic (exact) mass is 682 g/mol. The van der Waals surface area contributed by atoms with E-state index >= 15 is 0 Å². The molecular weight excluding hydrogens is 622 g/mol. The number of hydrogen-bond donors (Lipinski definition) is 0. The second-order valence-corrected chi connectivity index (χ2v) is 22.5. The molecule has 0 heterocycles. The summed E-state index contributed by atoms with van der Waals surface area (Å²) in [5.74, 6) is 0. The molecule has 4 rings (SSSR count). The third-order valence-corrected chi connectivity index (χ3v) is 15.2. The van der Waals surface area contributed by atoms with Crippen LogP contribution in [0.15, 0.2) is 84.9 Å². The van der Waals surface area contributed by atoms with Crippen molar-refractivity contribution in [3.63, 3.8) is 0 Å². The van der Waals surface area contributed by atoms with E-state index in [0.29, 0.717) is 0 Å². The smallest absolute Gasteiger partial charge is 0 e. The van der Waals surface area contributed by atoms with Gasteiger partial charge in [-0.1, -0.05) is 158 Å². The Balaban J connectivity index is 0.00000107. The van der Waals surface area contributed by atoms with Gasteiger partial charge in [-0.2, -0.15) is 22.8 Å². The SMILES string of the molecule is Cc1ccccc1P(C[c-]1cc(C(C)(C)C)c(C(C)(C)C)c1CP(C(C)(C)C)C(C)(C)C)c1ccccc1C.[Fe].[cH-]1[cH-][cH-][cH-][cH-]1. The summed E-state index contributed by atoms with van der Waals surface area (Å²) < 4.78 is 0. The summed E-state index contributed by atoms with van der Waals surface area (Å²) in [5, 5.41) is 3.63. The van der Waals surface area contributed by atoms with Gasteiger partial charge in [0.2, 0.25) is 0 Å². The molecular formula is C42H60FeP2-6. The van der Waals surface area contributed by atoms with E-state index in [0.717, 1.165) is 6.16 Å². The summed E-state index contributed by atoms with van der Waals surface area (Å²) >= 11 is 0. The molecule has 0 fully saturated rings. The molecule has 4 aromatic rings. The minimum absolute atomic E-state index is 0. The van der Waals surface area contributed by atoms with Crippen LogP contribution in [0.2, 0.25) is 0 Å². The van der Waals surface area contributed by atoms with Crippen LogP contribution >= 0.6 is 15.8 Å². The molecule has 3 heteroatoms. The maximum atomic E-state index is 2.64. The van der Waals surface area contributed by atoms with Gasteiger partial charge in [0.15, 0.2) is 0 Å². The van der Waals surface area contributed by atoms with E-state index in [4.69, 9.17) is 0 Å². The molecule has 0 saturated carbocycles. The van der Waals surface area contributed by atoms with E-state index in [-0.39, 0.29) is 46.1 Å². The first kappa shape index (κ1) is 39.7. The molecule has 0 aliphatic carbocycles. The Morgan fingerprint density at radius 1 is 0.600 bits per heavy atom. The Labute approximate surface area is 290 Å². The van der Waals surface area contributed by atoms with Gasteiger partial charge in [0.05, 0.1) is 0 Å². The van der Waals surface area contributed by atoms with E-state index in [2.05, 4.69) is 152 Å². The summed E-state index contributed by atoms with van der Waals surface area (Å²) in [5.41, 5.74) is 9.48. The normalized spacial score (nSPS) is 12.6. The standard InChI is InChI=1S/C37H55P2.C5H5.Fe/c1-26-19-15-17-21-31(26)38(32-22-18-16-20-27(32)2)24-28-23-30(34(3,4)5)33(35(6,7)8)29(28)25-39(36(9,10)11)37(12,13)14;1-2-4-5-3-1;/h15-23H,24-25H2,1-14H3;1-5H;/q-1;-5;. The molecule has 0 aliphatic heterocycles. The average molecular weight is 683 g/mol. The van der Waals surface area contributed by atoms with Gasteiger partial charge >= 0.3 is 0 Å². The molecule has 0 aliphatic rings. The molecule has 0 amide bonds. The summed E-state index contributed by atoms with van der Waals surface area (Å²) in [6, 6.07) is 30.9. The van der Waals surface area contributed by atoms with Gasteiger partial charge in [0, 0.05) is 17.1 Å². The second kappa shape index (κ2) is 15.6. The average Bonchev–Trinajstić information content (AvgIpc) is 3.57. The van der Waals surface area contributed by atoms with Crippen LogP contribution in [0.25, 0.3) is 0 Å². The predicted molar refractivity (Wildman–Crippen MR) is 204 cm³/mol. The third kappa shape index (κ3) is 10.5. The molecule has 0 atom stereocenters. The van der Waals surface area contributed by atoms with Gasteiger partial charge < -0.3 is 30.3 Å². The molecule has 0 spiro atoms. The zero-order chi connectivity index (χ0) is 33.1. The maximum Gasteiger partial charge on any atom is 0 e. The molecule has 45 heavy (non-hydrogen) atoms. The van der Waals surface area contributed by atoms with Crippen molar-refractivity contribution in [3.05, 3.63) is 118 Å². The van der Waals surface area contributed by atoms with E-state index in [1.54, 1.807) is 22.3 Å². The first-order valence-corrected chi connectivity index (χ1v) is 19.4. The van der Waals surface area contributed by atoms with Crippen molar-refractivity contribution in [3.8, 4) is 0 Å². The Hall–Kier alpha value is -1.48. The quantitative estimate of drug-likeness (QED) is 0.108. The van der Waals surface area contributed by atoms with Crippen molar-refractivity contribution >= 4 is 26.5 Å². The molecule has 252 valence electrons. The third-order valence-electron chi connectivity index (χ3n) is 8.47. The van der Waals surface area contributed by atoms with Crippen molar-refractivity contribution in [2.75, 3.05) is 0 Å². The summed E-state index contributed by atoms with van der Waals surface area (Å²) in [7, 11) is -0.790.